The van der Waals surface area contributed by atoms with Crippen LogP contribution in [0.2, 0.25) is 0 Å². The first-order valence-corrected chi connectivity index (χ1v) is 8.97. The minimum absolute atomic E-state index is 0.116. The van der Waals surface area contributed by atoms with Crippen LogP contribution in [0, 0.1) is 5.92 Å². The van der Waals surface area contributed by atoms with E-state index < -0.39 is 0 Å². The van der Waals surface area contributed by atoms with Gasteiger partial charge in [0.05, 0.1) is 7.11 Å². The summed E-state index contributed by atoms with van der Waals surface area (Å²) in [7, 11) is 1.56. The highest BCUT2D eigenvalue weighted by molar-refractivity contribution is 5.78. The van der Waals surface area contributed by atoms with Crippen LogP contribution in [0.3, 0.4) is 0 Å². The molecule has 0 aliphatic carbocycles. The number of benzene rings is 2. The van der Waals surface area contributed by atoms with Crippen LogP contribution in [-0.4, -0.2) is 24.6 Å². The number of carbonyl (C=O) groups excluding carboxylic acids is 1. The molecular weight excluding hydrogens is 344 g/mol. The fraction of sp³-hybridized carbons (Fsp3) is 0.333. The molecular formula is C21H24N2O4. The van der Waals surface area contributed by atoms with Crippen molar-refractivity contribution < 1.29 is 18.7 Å². The van der Waals surface area contributed by atoms with Gasteiger partial charge >= 0.3 is 0 Å². The third kappa shape index (κ3) is 4.78. The van der Waals surface area contributed by atoms with Crippen molar-refractivity contribution in [3.8, 4) is 11.5 Å². The Morgan fingerprint density at radius 1 is 1.11 bits per heavy atom. The topological polar surface area (TPSA) is 73.6 Å². The number of nitrogens with one attached hydrogen (secondary N) is 1. The van der Waals surface area contributed by atoms with Gasteiger partial charge in [-0.3, -0.25) is 4.79 Å². The fourth-order valence-corrected chi connectivity index (χ4v) is 2.85. The normalized spacial score (nSPS) is 12.1. The van der Waals surface area contributed by atoms with Crippen LogP contribution >= 0.6 is 0 Å². The Morgan fingerprint density at radius 3 is 2.52 bits per heavy atom. The number of ether oxygens (including phenoxy) is 2. The second-order valence-corrected chi connectivity index (χ2v) is 6.71. The summed E-state index contributed by atoms with van der Waals surface area (Å²) in [6.07, 6.45) is 0.715. The maximum Gasteiger partial charge on any atom is 0.258 e. The van der Waals surface area contributed by atoms with Crippen LogP contribution in [-0.2, 0) is 4.79 Å². The van der Waals surface area contributed by atoms with Gasteiger partial charge in [0.1, 0.15) is 11.6 Å². The second-order valence-electron chi connectivity index (χ2n) is 6.71. The first kappa shape index (κ1) is 18.8. The lowest BCUT2D eigenvalue weighted by Crippen LogP contribution is -2.33. The summed E-state index contributed by atoms with van der Waals surface area (Å²) in [5.41, 5.74) is 1.49. The molecule has 1 N–H and O–H groups in total. The lowest BCUT2D eigenvalue weighted by atomic mass is 10.0. The summed E-state index contributed by atoms with van der Waals surface area (Å²) in [6.45, 7) is 4.06. The number of hydrogen-bond acceptors (Lipinski definition) is 5. The van der Waals surface area contributed by atoms with Gasteiger partial charge in [-0.2, -0.15) is 0 Å². The Hall–Kier alpha value is -3.02. The molecule has 0 bridgehead atoms. The highest BCUT2D eigenvalue weighted by Gasteiger charge is 2.22. The number of aromatic nitrogens is 1. The molecule has 1 heterocycles. The Labute approximate surface area is 158 Å². The minimum atomic E-state index is -0.314. The Balaban J connectivity index is 1.69. The van der Waals surface area contributed by atoms with Crippen LogP contribution in [0.1, 0.15) is 32.2 Å². The van der Waals surface area contributed by atoms with Gasteiger partial charge in [-0.05, 0) is 36.6 Å². The summed E-state index contributed by atoms with van der Waals surface area (Å²) >= 11 is 0. The number of methoxy groups -OCH3 is 1. The molecule has 0 aliphatic rings. The predicted octanol–water partition coefficient (Wildman–Crippen LogP) is 4.12. The van der Waals surface area contributed by atoms with Crippen LogP contribution in [0.15, 0.2) is 52.9 Å². The molecule has 1 atom stereocenters. The van der Waals surface area contributed by atoms with Gasteiger partial charge in [0, 0.05) is 0 Å². The Bertz CT molecular complexity index is 871. The number of para-hydroxylation sites is 4. The SMILES string of the molecule is COc1ccccc1OCC(=O)N[C@H](CC(C)C)c1nc2ccccc2o1. The molecule has 0 radical (unpaired) electrons. The van der Waals surface area contributed by atoms with Gasteiger partial charge in [-0.15, -0.1) is 0 Å². The summed E-state index contributed by atoms with van der Waals surface area (Å²) in [5.74, 6) is 1.74. The molecule has 0 aliphatic heterocycles. The van der Waals surface area contributed by atoms with Crippen molar-refractivity contribution in [3.05, 3.63) is 54.4 Å². The van der Waals surface area contributed by atoms with E-state index in [0.29, 0.717) is 35.3 Å². The molecule has 142 valence electrons. The first-order chi connectivity index (χ1) is 13.1. The molecule has 1 amide bonds. The number of fused-ring (bicyclic) bond motifs is 1. The number of amides is 1. The summed E-state index contributed by atoms with van der Waals surface area (Å²) in [4.78, 5) is 17.0. The van der Waals surface area contributed by atoms with Crippen LogP contribution in [0.4, 0.5) is 0 Å². The lowest BCUT2D eigenvalue weighted by molar-refractivity contribution is -0.124. The first-order valence-electron chi connectivity index (χ1n) is 8.97. The molecule has 0 unspecified atom stereocenters. The van der Waals surface area contributed by atoms with E-state index in [1.165, 1.54) is 0 Å². The van der Waals surface area contributed by atoms with E-state index in [1.54, 1.807) is 19.2 Å². The molecule has 0 saturated carbocycles. The fourth-order valence-electron chi connectivity index (χ4n) is 2.85. The van der Waals surface area contributed by atoms with Crippen LogP contribution in [0.25, 0.3) is 11.1 Å². The predicted molar refractivity (Wildman–Crippen MR) is 103 cm³/mol. The summed E-state index contributed by atoms with van der Waals surface area (Å²) < 4.78 is 16.7. The molecule has 0 saturated heterocycles. The monoisotopic (exact) mass is 368 g/mol. The smallest absolute Gasteiger partial charge is 0.258 e. The molecule has 6 heteroatoms. The molecule has 0 spiro atoms. The van der Waals surface area contributed by atoms with E-state index in [4.69, 9.17) is 13.9 Å². The standard InChI is InChI=1S/C21H24N2O4/c1-14(2)12-16(21-23-15-8-4-5-9-17(15)27-21)22-20(24)13-26-19-11-7-6-10-18(19)25-3/h4-11,14,16H,12-13H2,1-3H3,(H,22,24)/t16-/m1/s1. The summed E-state index contributed by atoms with van der Waals surface area (Å²) in [6, 6.07) is 14.5. The zero-order chi connectivity index (χ0) is 19.2. The number of hydrogen-bond donors (Lipinski definition) is 1. The molecule has 3 rings (SSSR count). The van der Waals surface area contributed by atoms with Crippen molar-refractivity contribution in [1.82, 2.24) is 10.3 Å². The minimum Gasteiger partial charge on any atom is -0.493 e. The maximum absolute atomic E-state index is 12.5. The zero-order valence-electron chi connectivity index (χ0n) is 15.8. The van der Waals surface area contributed by atoms with Gasteiger partial charge in [-0.25, -0.2) is 4.98 Å². The average molecular weight is 368 g/mol. The highest BCUT2D eigenvalue weighted by Crippen LogP contribution is 2.27. The molecule has 6 nitrogen and oxygen atoms in total. The molecule has 27 heavy (non-hydrogen) atoms. The second kappa shape index (κ2) is 8.58. The largest absolute Gasteiger partial charge is 0.493 e. The van der Waals surface area contributed by atoms with Crippen molar-refractivity contribution in [2.75, 3.05) is 13.7 Å². The number of nitrogens with zero attached hydrogens (tertiary/aromatic N) is 1. The molecule has 2 aromatic carbocycles. The van der Waals surface area contributed by atoms with Crippen molar-refractivity contribution in [2.45, 2.75) is 26.3 Å². The van der Waals surface area contributed by atoms with Gasteiger partial charge in [0.2, 0.25) is 5.89 Å². The third-order valence-electron chi connectivity index (χ3n) is 4.08. The van der Waals surface area contributed by atoms with Crippen molar-refractivity contribution >= 4 is 17.0 Å². The van der Waals surface area contributed by atoms with Crippen molar-refractivity contribution in [1.29, 1.82) is 0 Å². The van der Waals surface area contributed by atoms with Crippen molar-refractivity contribution in [2.24, 2.45) is 5.92 Å². The third-order valence-corrected chi connectivity index (χ3v) is 4.08. The van der Waals surface area contributed by atoms with E-state index in [1.807, 2.05) is 36.4 Å². The zero-order valence-corrected chi connectivity index (χ0v) is 15.8. The maximum atomic E-state index is 12.5. The molecule has 3 aromatic rings. The van der Waals surface area contributed by atoms with Gasteiger partial charge in [-0.1, -0.05) is 38.1 Å². The molecule has 0 fully saturated rings. The van der Waals surface area contributed by atoms with Crippen LogP contribution < -0.4 is 14.8 Å². The number of oxazole rings is 1. The Kier molecular flexibility index (Phi) is 5.96. The highest BCUT2D eigenvalue weighted by atomic mass is 16.5. The Morgan fingerprint density at radius 2 is 1.81 bits per heavy atom. The van der Waals surface area contributed by atoms with Gasteiger partial charge in [0.25, 0.3) is 5.91 Å². The summed E-state index contributed by atoms with van der Waals surface area (Å²) in [5, 5.41) is 2.97. The quantitative estimate of drug-likeness (QED) is 0.647. The average Bonchev–Trinajstić information content (AvgIpc) is 3.10. The van der Waals surface area contributed by atoms with E-state index in [9.17, 15) is 4.79 Å². The van der Waals surface area contributed by atoms with Gasteiger partial charge in [0.15, 0.2) is 23.7 Å². The molecule has 1 aromatic heterocycles. The number of carbonyl (C=O) groups is 1. The van der Waals surface area contributed by atoms with Gasteiger partial charge < -0.3 is 19.2 Å². The van der Waals surface area contributed by atoms with Crippen molar-refractivity contribution in [3.63, 3.8) is 0 Å². The van der Waals surface area contributed by atoms with Crippen LogP contribution in [0.5, 0.6) is 11.5 Å². The lowest BCUT2D eigenvalue weighted by Gasteiger charge is -2.18. The number of rotatable bonds is 8. The van der Waals surface area contributed by atoms with E-state index in [0.717, 1.165) is 5.52 Å². The van der Waals surface area contributed by atoms with E-state index >= 15 is 0 Å². The van der Waals surface area contributed by atoms with E-state index in [-0.39, 0.29) is 18.6 Å². The van der Waals surface area contributed by atoms with E-state index in [2.05, 4.69) is 24.1 Å².